The van der Waals surface area contributed by atoms with Gasteiger partial charge in [-0.15, -0.1) is 11.3 Å². The number of amides is 3. The number of urea groups is 1. The molecule has 0 bridgehead atoms. The van der Waals surface area contributed by atoms with Crippen LogP contribution in [0.25, 0.3) is 0 Å². The van der Waals surface area contributed by atoms with Gasteiger partial charge in [0.25, 0.3) is 5.91 Å². The van der Waals surface area contributed by atoms with Gasteiger partial charge in [0, 0.05) is 18.0 Å². The highest BCUT2D eigenvalue weighted by Gasteiger charge is 2.32. The number of hydrogen-bond acceptors (Lipinski definition) is 5. The summed E-state index contributed by atoms with van der Waals surface area (Å²) in [4.78, 5) is 38.7. The number of rotatable bonds is 6. The van der Waals surface area contributed by atoms with Crippen LogP contribution in [0, 0.1) is 0 Å². The summed E-state index contributed by atoms with van der Waals surface area (Å²) in [6.45, 7) is 6.37. The van der Waals surface area contributed by atoms with Crippen LogP contribution in [0.4, 0.5) is 4.79 Å². The van der Waals surface area contributed by atoms with Crippen molar-refractivity contribution in [2.75, 3.05) is 13.1 Å². The lowest BCUT2D eigenvalue weighted by molar-refractivity contribution is -0.135. The third-order valence-corrected chi connectivity index (χ3v) is 4.93. The number of carbonyl (C=O) groups excluding carboxylic acids is 3. The van der Waals surface area contributed by atoms with Gasteiger partial charge in [-0.2, -0.15) is 0 Å². The lowest BCUT2D eigenvalue weighted by atomic mass is 10.1. The van der Waals surface area contributed by atoms with Crippen molar-refractivity contribution in [2.45, 2.75) is 46.1 Å². The lowest BCUT2D eigenvalue weighted by Crippen LogP contribution is -2.41. The molecule has 0 radical (unpaired) electrons. The average Bonchev–Trinajstić information content (AvgIpc) is 3.13. The summed E-state index contributed by atoms with van der Waals surface area (Å²) in [7, 11) is 0. The molecular formula is C16H22N2O4S. The molecule has 6 nitrogen and oxygen atoms in total. The summed E-state index contributed by atoms with van der Waals surface area (Å²) in [6, 6.07) is 1.41. The van der Waals surface area contributed by atoms with E-state index in [2.05, 4.69) is 19.2 Å². The highest BCUT2D eigenvalue weighted by atomic mass is 32.1. The molecule has 1 aromatic rings. The predicted octanol–water partition coefficient (Wildman–Crippen LogP) is 2.36. The van der Waals surface area contributed by atoms with E-state index in [9.17, 15) is 14.4 Å². The van der Waals surface area contributed by atoms with E-state index >= 15 is 0 Å². The minimum Gasteiger partial charge on any atom is -0.448 e. The zero-order valence-electron chi connectivity index (χ0n) is 13.7. The number of carbonyl (C=O) groups is 3. The minimum absolute atomic E-state index is 0.305. The molecule has 0 spiro atoms. The zero-order chi connectivity index (χ0) is 17.0. The van der Waals surface area contributed by atoms with Crippen LogP contribution >= 0.6 is 11.3 Å². The molecule has 23 heavy (non-hydrogen) atoms. The molecule has 126 valence electrons. The van der Waals surface area contributed by atoms with Crippen molar-refractivity contribution in [3.8, 4) is 0 Å². The van der Waals surface area contributed by atoms with Gasteiger partial charge in [0.15, 0.2) is 6.10 Å². The minimum atomic E-state index is -0.979. The van der Waals surface area contributed by atoms with E-state index in [0.29, 0.717) is 18.0 Å². The van der Waals surface area contributed by atoms with E-state index in [1.54, 1.807) is 0 Å². The van der Waals surface area contributed by atoms with Crippen LogP contribution in [0.3, 0.4) is 0 Å². The molecular weight excluding hydrogens is 316 g/mol. The van der Waals surface area contributed by atoms with Crippen molar-refractivity contribution >= 4 is 29.2 Å². The molecule has 1 fully saturated rings. The van der Waals surface area contributed by atoms with Crippen LogP contribution in [0.2, 0.25) is 0 Å². The Morgan fingerprint density at radius 1 is 1.43 bits per heavy atom. The smallest absolute Gasteiger partial charge is 0.349 e. The Balaban J connectivity index is 2.03. The first-order valence-electron chi connectivity index (χ1n) is 7.89. The van der Waals surface area contributed by atoms with Crippen LogP contribution in [0.15, 0.2) is 6.07 Å². The Morgan fingerprint density at radius 3 is 2.74 bits per heavy atom. The number of nitrogens with zero attached hydrogens (tertiary/aromatic N) is 1. The van der Waals surface area contributed by atoms with Crippen molar-refractivity contribution in [3.63, 3.8) is 0 Å². The largest absolute Gasteiger partial charge is 0.448 e. The molecule has 7 heteroatoms. The maximum absolute atomic E-state index is 12.3. The third-order valence-electron chi connectivity index (χ3n) is 3.71. The summed E-state index contributed by atoms with van der Waals surface area (Å²) >= 11 is 1.42. The molecule has 0 aromatic carbocycles. The SMILES string of the molecule is CCCc1sc(C(=O)O[C@H](C)C(=O)N2CCNC2=O)cc1CC. The molecule has 0 aliphatic carbocycles. The number of thiophene rings is 1. The summed E-state index contributed by atoms with van der Waals surface area (Å²) < 4.78 is 5.25. The van der Waals surface area contributed by atoms with Gasteiger partial charge >= 0.3 is 12.0 Å². The Morgan fingerprint density at radius 2 is 2.17 bits per heavy atom. The Labute approximate surface area is 139 Å². The van der Waals surface area contributed by atoms with E-state index in [1.165, 1.54) is 23.1 Å². The maximum atomic E-state index is 12.3. The van der Waals surface area contributed by atoms with Crippen LogP contribution in [-0.2, 0) is 22.4 Å². The first kappa shape index (κ1) is 17.5. The Kier molecular flexibility index (Phi) is 5.76. The number of ether oxygens (including phenoxy) is 1. The van der Waals surface area contributed by atoms with E-state index in [1.807, 2.05) is 6.07 Å². The maximum Gasteiger partial charge on any atom is 0.349 e. The van der Waals surface area contributed by atoms with Gasteiger partial charge in [0.05, 0.1) is 0 Å². The number of imide groups is 1. The quantitative estimate of drug-likeness (QED) is 0.808. The van der Waals surface area contributed by atoms with Crippen molar-refractivity contribution in [1.82, 2.24) is 10.2 Å². The van der Waals surface area contributed by atoms with Crippen LogP contribution in [0.1, 0.15) is 47.3 Å². The molecule has 1 aliphatic rings. The Bertz CT molecular complexity index is 611. The number of hydrogen-bond donors (Lipinski definition) is 1. The number of esters is 1. The molecule has 1 atom stereocenters. The second kappa shape index (κ2) is 7.59. The van der Waals surface area contributed by atoms with E-state index in [-0.39, 0.29) is 0 Å². The average molecular weight is 338 g/mol. The van der Waals surface area contributed by atoms with Gasteiger partial charge in [-0.3, -0.25) is 9.69 Å². The highest BCUT2D eigenvalue weighted by molar-refractivity contribution is 7.14. The van der Waals surface area contributed by atoms with Crippen LogP contribution < -0.4 is 5.32 Å². The van der Waals surface area contributed by atoms with Crippen molar-refractivity contribution < 1.29 is 19.1 Å². The number of aryl methyl sites for hydroxylation is 2. The second-order valence-electron chi connectivity index (χ2n) is 5.43. The lowest BCUT2D eigenvalue weighted by Gasteiger charge is -2.17. The van der Waals surface area contributed by atoms with E-state index in [4.69, 9.17) is 4.74 Å². The highest BCUT2D eigenvalue weighted by Crippen LogP contribution is 2.25. The van der Waals surface area contributed by atoms with Crippen molar-refractivity contribution in [1.29, 1.82) is 0 Å². The van der Waals surface area contributed by atoms with Gasteiger partial charge in [-0.05, 0) is 31.4 Å². The molecule has 3 amide bonds. The molecule has 0 saturated carbocycles. The standard InChI is InChI=1S/C16H22N2O4S/c1-4-6-12-11(5-2)9-13(23-12)15(20)22-10(3)14(19)18-8-7-17-16(18)21/h9-10H,4-8H2,1-3H3,(H,17,21)/t10-/m1/s1. The molecule has 1 N–H and O–H groups in total. The molecule has 2 heterocycles. The first-order chi connectivity index (χ1) is 11.0. The summed E-state index contributed by atoms with van der Waals surface area (Å²) in [5.74, 6) is -0.998. The molecule has 1 saturated heterocycles. The molecule has 2 rings (SSSR count). The van der Waals surface area contributed by atoms with Crippen LogP contribution in [0.5, 0.6) is 0 Å². The van der Waals surface area contributed by atoms with Gasteiger partial charge in [-0.1, -0.05) is 20.3 Å². The van der Waals surface area contributed by atoms with Crippen molar-refractivity contribution in [2.24, 2.45) is 0 Å². The molecule has 1 aliphatic heterocycles. The zero-order valence-corrected chi connectivity index (χ0v) is 14.5. The first-order valence-corrected chi connectivity index (χ1v) is 8.71. The van der Waals surface area contributed by atoms with Crippen LogP contribution in [-0.4, -0.2) is 42.0 Å². The van der Waals surface area contributed by atoms with E-state index in [0.717, 1.165) is 29.7 Å². The fourth-order valence-electron chi connectivity index (χ4n) is 2.48. The number of nitrogens with one attached hydrogen (secondary N) is 1. The fourth-order valence-corrected chi connectivity index (χ4v) is 3.71. The van der Waals surface area contributed by atoms with Gasteiger partial charge in [-0.25, -0.2) is 9.59 Å². The predicted molar refractivity (Wildman–Crippen MR) is 87.7 cm³/mol. The second-order valence-corrected chi connectivity index (χ2v) is 6.57. The van der Waals surface area contributed by atoms with Gasteiger partial charge in [0.1, 0.15) is 4.88 Å². The fraction of sp³-hybridized carbons (Fsp3) is 0.562. The van der Waals surface area contributed by atoms with E-state index < -0.39 is 24.0 Å². The molecule has 1 aromatic heterocycles. The Hall–Kier alpha value is -1.89. The molecule has 0 unspecified atom stereocenters. The summed E-state index contributed by atoms with van der Waals surface area (Å²) in [5.41, 5.74) is 1.15. The normalized spacial score (nSPS) is 15.4. The third kappa shape index (κ3) is 3.90. The van der Waals surface area contributed by atoms with Gasteiger partial charge in [0.2, 0.25) is 0 Å². The van der Waals surface area contributed by atoms with Gasteiger partial charge < -0.3 is 10.1 Å². The van der Waals surface area contributed by atoms with Crippen molar-refractivity contribution in [3.05, 3.63) is 21.4 Å². The summed E-state index contributed by atoms with van der Waals surface area (Å²) in [6.07, 6.45) is 1.83. The monoisotopic (exact) mass is 338 g/mol. The summed E-state index contributed by atoms with van der Waals surface area (Å²) in [5, 5.41) is 2.55. The topological polar surface area (TPSA) is 75.7 Å².